The van der Waals surface area contributed by atoms with E-state index < -0.39 is 0 Å². The van der Waals surface area contributed by atoms with Crippen LogP contribution in [0.2, 0.25) is 0 Å². The van der Waals surface area contributed by atoms with E-state index in [-0.39, 0.29) is 18.6 Å². The number of aliphatic hydroxyl groups is 1. The Morgan fingerprint density at radius 1 is 1.48 bits per heavy atom. The Balaban J connectivity index is 1.95. The fourth-order valence-corrected chi connectivity index (χ4v) is 2.42. The number of aliphatic hydroxyl groups excluding tert-OH is 1. The summed E-state index contributed by atoms with van der Waals surface area (Å²) in [6, 6.07) is 5.95. The van der Waals surface area contributed by atoms with Crippen LogP contribution in [0.15, 0.2) is 24.3 Å². The summed E-state index contributed by atoms with van der Waals surface area (Å²) in [6.07, 6.45) is 4.86. The highest BCUT2D eigenvalue weighted by Gasteiger charge is 2.14. The van der Waals surface area contributed by atoms with Crippen LogP contribution >= 0.6 is 0 Å². The average molecular weight is 289 g/mol. The van der Waals surface area contributed by atoms with Crippen LogP contribution in [0, 0.1) is 5.92 Å². The zero-order valence-corrected chi connectivity index (χ0v) is 12.6. The molecule has 0 saturated carbocycles. The second kappa shape index (κ2) is 7.27. The first kappa shape index (κ1) is 15.6. The van der Waals surface area contributed by atoms with Crippen LogP contribution in [0.3, 0.4) is 0 Å². The zero-order chi connectivity index (χ0) is 15.2. The van der Waals surface area contributed by atoms with Crippen molar-refractivity contribution in [1.82, 2.24) is 5.32 Å². The van der Waals surface area contributed by atoms with Gasteiger partial charge in [-0.2, -0.15) is 0 Å². The lowest BCUT2D eigenvalue weighted by Gasteiger charge is -2.20. The van der Waals surface area contributed by atoms with Gasteiger partial charge in [0, 0.05) is 25.1 Å². The molecule has 0 aromatic heterocycles. The van der Waals surface area contributed by atoms with Crippen molar-refractivity contribution in [2.45, 2.75) is 32.7 Å². The van der Waals surface area contributed by atoms with E-state index in [0.29, 0.717) is 12.3 Å². The molecule has 4 heteroatoms. The number of benzene rings is 1. The van der Waals surface area contributed by atoms with Crippen molar-refractivity contribution in [3.05, 3.63) is 35.4 Å². The minimum atomic E-state index is -0.126. The summed E-state index contributed by atoms with van der Waals surface area (Å²) in [5.41, 5.74) is 2.19. The molecule has 1 aliphatic rings. The quantitative estimate of drug-likeness (QED) is 0.789. The van der Waals surface area contributed by atoms with E-state index in [0.717, 1.165) is 24.3 Å². The number of carbonyl (C=O) groups excluding carboxylic acids is 1. The van der Waals surface area contributed by atoms with Crippen molar-refractivity contribution in [3.8, 4) is 5.75 Å². The van der Waals surface area contributed by atoms with Crippen molar-refractivity contribution >= 4 is 12.0 Å². The highest BCUT2D eigenvalue weighted by molar-refractivity contribution is 5.92. The van der Waals surface area contributed by atoms with Crippen LogP contribution in [0.25, 0.3) is 6.08 Å². The lowest BCUT2D eigenvalue weighted by atomic mass is 10.0. The molecular weight excluding hydrogens is 266 g/mol. The number of amides is 1. The van der Waals surface area contributed by atoms with E-state index in [1.807, 2.05) is 32.1 Å². The second-order valence-electron chi connectivity index (χ2n) is 5.67. The molecule has 0 spiro atoms. The van der Waals surface area contributed by atoms with E-state index in [4.69, 9.17) is 9.84 Å². The molecule has 0 fully saturated rings. The summed E-state index contributed by atoms with van der Waals surface area (Å²) < 4.78 is 5.46. The van der Waals surface area contributed by atoms with Gasteiger partial charge >= 0.3 is 0 Å². The molecule has 1 aromatic carbocycles. The highest BCUT2D eigenvalue weighted by Crippen LogP contribution is 2.26. The first-order chi connectivity index (χ1) is 10.1. The van der Waals surface area contributed by atoms with Crippen molar-refractivity contribution in [3.63, 3.8) is 0 Å². The lowest BCUT2D eigenvalue weighted by molar-refractivity contribution is -0.117. The molecule has 0 radical (unpaired) electrons. The first-order valence-electron chi connectivity index (χ1n) is 7.45. The molecule has 1 aliphatic heterocycles. The smallest absolute Gasteiger partial charge is 0.244 e. The largest absolute Gasteiger partial charge is 0.493 e. The molecule has 0 saturated heterocycles. The first-order valence-corrected chi connectivity index (χ1v) is 7.45. The third-order valence-electron chi connectivity index (χ3n) is 3.71. The van der Waals surface area contributed by atoms with Crippen LogP contribution in [0.5, 0.6) is 5.75 Å². The van der Waals surface area contributed by atoms with Gasteiger partial charge in [0.15, 0.2) is 0 Å². The van der Waals surface area contributed by atoms with E-state index >= 15 is 0 Å². The molecule has 0 aliphatic carbocycles. The molecule has 1 amide bonds. The molecular formula is C17H23NO3. The Hall–Kier alpha value is -1.81. The van der Waals surface area contributed by atoms with E-state index in [2.05, 4.69) is 11.4 Å². The zero-order valence-electron chi connectivity index (χ0n) is 12.6. The van der Waals surface area contributed by atoms with Crippen molar-refractivity contribution in [1.29, 1.82) is 0 Å². The van der Waals surface area contributed by atoms with Gasteiger partial charge in [-0.15, -0.1) is 0 Å². The summed E-state index contributed by atoms with van der Waals surface area (Å²) in [6.45, 7) is 4.88. The Labute approximate surface area is 125 Å². The van der Waals surface area contributed by atoms with Gasteiger partial charge in [0.2, 0.25) is 5.91 Å². The van der Waals surface area contributed by atoms with Gasteiger partial charge in [-0.3, -0.25) is 4.79 Å². The molecule has 0 bridgehead atoms. The molecule has 1 unspecified atom stereocenters. The predicted octanol–water partition coefficient (Wildman–Crippen LogP) is 2.16. The maximum absolute atomic E-state index is 11.9. The summed E-state index contributed by atoms with van der Waals surface area (Å²) >= 11 is 0. The van der Waals surface area contributed by atoms with Crippen LogP contribution < -0.4 is 10.1 Å². The third-order valence-corrected chi connectivity index (χ3v) is 3.71. The van der Waals surface area contributed by atoms with Gasteiger partial charge in [-0.05, 0) is 41.7 Å². The van der Waals surface area contributed by atoms with Crippen molar-refractivity contribution < 1.29 is 14.6 Å². The topological polar surface area (TPSA) is 58.6 Å². The summed E-state index contributed by atoms with van der Waals surface area (Å²) in [4.78, 5) is 11.9. The Morgan fingerprint density at radius 2 is 2.29 bits per heavy atom. The molecule has 2 rings (SSSR count). The van der Waals surface area contributed by atoms with E-state index in [1.165, 1.54) is 5.56 Å². The van der Waals surface area contributed by atoms with Crippen LogP contribution in [0.1, 0.15) is 31.4 Å². The van der Waals surface area contributed by atoms with Gasteiger partial charge in [0.05, 0.1) is 6.61 Å². The number of carbonyl (C=O) groups is 1. The maximum Gasteiger partial charge on any atom is 0.244 e. The molecule has 1 aromatic rings. The monoisotopic (exact) mass is 289 g/mol. The standard InChI is InChI=1S/C17H23NO3/c1-12(2)15(7-9-19)18-17(20)6-4-13-3-5-16-14(11-13)8-10-21-16/h3-6,11-12,15,19H,7-10H2,1-2H3,(H,18,20)/b6-4+. The van der Waals surface area contributed by atoms with Gasteiger partial charge in [-0.1, -0.05) is 19.9 Å². The van der Waals surface area contributed by atoms with Gasteiger partial charge in [0.25, 0.3) is 0 Å². The highest BCUT2D eigenvalue weighted by atomic mass is 16.5. The number of ether oxygens (including phenoxy) is 1. The molecule has 4 nitrogen and oxygen atoms in total. The van der Waals surface area contributed by atoms with Crippen molar-refractivity contribution in [2.75, 3.05) is 13.2 Å². The Kier molecular flexibility index (Phi) is 5.39. The van der Waals surface area contributed by atoms with Crippen molar-refractivity contribution in [2.24, 2.45) is 5.92 Å². The number of hydrogen-bond donors (Lipinski definition) is 2. The SMILES string of the molecule is CC(C)C(CCO)NC(=O)/C=C/c1ccc2c(c1)CCO2. The molecule has 114 valence electrons. The van der Waals surface area contributed by atoms with Crippen LogP contribution in [-0.4, -0.2) is 30.3 Å². The molecule has 2 N–H and O–H groups in total. The molecule has 1 heterocycles. The maximum atomic E-state index is 11.9. The molecule has 1 atom stereocenters. The van der Waals surface area contributed by atoms with Gasteiger partial charge < -0.3 is 15.2 Å². The summed E-state index contributed by atoms with van der Waals surface area (Å²) in [5, 5.41) is 11.9. The predicted molar refractivity (Wildman–Crippen MR) is 83.1 cm³/mol. The fourth-order valence-electron chi connectivity index (χ4n) is 2.42. The van der Waals surface area contributed by atoms with Crippen LogP contribution in [-0.2, 0) is 11.2 Å². The van der Waals surface area contributed by atoms with Gasteiger partial charge in [0.1, 0.15) is 5.75 Å². The second-order valence-corrected chi connectivity index (χ2v) is 5.67. The number of nitrogens with one attached hydrogen (secondary N) is 1. The van der Waals surface area contributed by atoms with E-state index in [9.17, 15) is 4.79 Å². The minimum Gasteiger partial charge on any atom is -0.493 e. The number of fused-ring (bicyclic) bond motifs is 1. The Morgan fingerprint density at radius 3 is 3.00 bits per heavy atom. The fraction of sp³-hybridized carbons (Fsp3) is 0.471. The average Bonchev–Trinajstić information content (AvgIpc) is 2.92. The summed E-state index contributed by atoms with van der Waals surface area (Å²) in [7, 11) is 0. The summed E-state index contributed by atoms with van der Waals surface area (Å²) in [5.74, 6) is 1.12. The normalized spacial score (nSPS) is 15.0. The van der Waals surface area contributed by atoms with E-state index in [1.54, 1.807) is 6.08 Å². The van der Waals surface area contributed by atoms with Gasteiger partial charge in [-0.25, -0.2) is 0 Å². The van der Waals surface area contributed by atoms with Crippen LogP contribution in [0.4, 0.5) is 0 Å². The lowest BCUT2D eigenvalue weighted by Crippen LogP contribution is -2.38. The number of rotatable bonds is 6. The molecule has 21 heavy (non-hydrogen) atoms. The minimum absolute atomic E-state index is 0.000528. The third kappa shape index (κ3) is 4.33. The number of hydrogen-bond acceptors (Lipinski definition) is 3. The Bertz CT molecular complexity index is 523.